The number of piperazine rings is 1. The fourth-order valence-corrected chi connectivity index (χ4v) is 2.95. The number of hydrogen-bond acceptors (Lipinski definition) is 6. The summed E-state index contributed by atoms with van der Waals surface area (Å²) in [5.41, 5.74) is 0.600. The number of nitrogens with zero attached hydrogens (tertiary/aromatic N) is 2. The molecule has 1 aromatic rings. The highest BCUT2D eigenvalue weighted by Crippen LogP contribution is 2.02. The average molecular weight is 288 g/mol. The van der Waals surface area contributed by atoms with E-state index in [1.54, 1.807) is 13.0 Å². The van der Waals surface area contributed by atoms with Gasteiger partial charge in [-0.15, -0.1) is 0 Å². The maximum atomic E-state index is 11.8. The summed E-state index contributed by atoms with van der Waals surface area (Å²) in [7, 11) is -3.26. The average Bonchev–Trinajstić information content (AvgIpc) is 2.82. The Hall–Kier alpha value is -0.960. The Morgan fingerprint density at radius 1 is 1.47 bits per heavy atom. The maximum Gasteiger partial charge on any atom is 0.213 e. The molecular weight excluding hydrogens is 268 g/mol. The first-order valence-corrected chi connectivity index (χ1v) is 8.03. The third-order valence-electron chi connectivity index (χ3n) is 3.04. The lowest BCUT2D eigenvalue weighted by molar-refractivity contribution is 0.253. The van der Waals surface area contributed by atoms with E-state index in [4.69, 9.17) is 4.52 Å². The van der Waals surface area contributed by atoms with Crippen LogP contribution >= 0.6 is 0 Å². The SMILES string of the molecule is Cc1cc(CNS(=O)(=O)CCN2CCNCC2)no1. The number of aromatic nitrogens is 1. The molecule has 1 fully saturated rings. The Kier molecular flexibility index (Phi) is 4.92. The predicted octanol–water partition coefficient (Wildman–Crippen LogP) is -0.692. The van der Waals surface area contributed by atoms with Crippen molar-refractivity contribution in [3.8, 4) is 0 Å². The minimum absolute atomic E-state index is 0.115. The van der Waals surface area contributed by atoms with Crippen LogP contribution in [0.2, 0.25) is 0 Å². The van der Waals surface area contributed by atoms with Gasteiger partial charge >= 0.3 is 0 Å². The van der Waals surface area contributed by atoms with Gasteiger partial charge in [-0.2, -0.15) is 0 Å². The predicted molar refractivity (Wildman–Crippen MR) is 71.2 cm³/mol. The van der Waals surface area contributed by atoms with Gasteiger partial charge in [0.25, 0.3) is 0 Å². The van der Waals surface area contributed by atoms with Gasteiger partial charge in [0.2, 0.25) is 10.0 Å². The summed E-state index contributed by atoms with van der Waals surface area (Å²) in [4.78, 5) is 2.15. The zero-order valence-electron chi connectivity index (χ0n) is 11.1. The van der Waals surface area contributed by atoms with Gasteiger partial charge in [-0.1, -0.05) is 5.16 Å². The fraction of sp³-hybridized carbons (Fsp3) is 0.727. The van der Waals surface area contributed by atoms with Crippen molar-refractivity contribution in [3.63, 3.8) is 0 Å². The van der Waals surface area contributed by atoms with Gasteiger partial charge < -0.3 is 9.84 Å². The molecule has 0 radical (unpaired) electrons. The molecule has 1 aromatic heterocycles. The standard InChI is InChI=1S/C11H20N4O3S/c1-10-8-11(14-18-10)9-13-19(16,17)7-6-15-4-2-12-3-5-15/h8,12-13H,2-7,9H2,1H3. The molecule has 0 aliphatic carbocycles. The van der Waals surface area contributed by atoms with Gasteiger partial charge in [0.1, 0.15) is 5.76 Å². The molecule has 2 rings (SSSR count). The van der Waals surface area contributed by atoms with Gasteiger partial charge in [0, 0.05) is 38.8 Å². The second-order valence-electron chi connectivity index (χ2n) is 4.66. The largest absolute Gasteiger partial charge is 0.361 e. The molecule has 0 spiro atoms. The summed E-state index contributed by atoms with van der Waals surface area (Å²) in [5.74, 6) is 0.791. The van der Waals surface area contributed by atoms with E-state index in [1.165, 1.54) is 0 Å². The van der Waals surface area contributed by atoms with Crippen LogP contribution in [0.1, 0.15) is 11.5 Å². The van der Waals surface area contributed by atoms with Crippen molar-refractivity contribution in [1.82, 2.24) is 20.1 Å². The van der Waals surface area contributed by atoms with Crippen LogP contribution in [0.15, 0.2) is 10.6 Å². The topological polar surface area (TPSA) is 87.5 Å². The third-order valence-corrected chi connectivity index (χ3v) is 4.34. The zero-order valence-corrected chi connectivity index (χ0v) is 11.9. The molecule has 1 saturated heterocycles. The van der Waals surface area contributed by atoms with Crippen LogP contribution in [0.4, 0.5) is 0 Å². The van der Waals surface area contributed by atoms with E-state index in [-0.39, 0.29) is 12.3 Å². The number of hydrogen-bond donors (Lipinski definition) is 2. The summed E-state index contributed by atoms with van der Waals surface area (Å²) >= 11 is 0. The Bertz CT molecular complexity index is 494. The van der Waals surface area contributed by atoms with Crippen LogP contribution < -0.4 is 10.0 Å². The van der Waals surface area contributed by atoms with Gasteiger partial charge in [0.05, 0.1) is 18.0 Å². The highest BCUT2D eigenvalue weighted by molar-refractivity contribution is 7.89. The van der Waals surface area contributed by atoms with E-state index in [2.05, 4.69) is 20.1 Å². The number of sulfonamides is 1. The molecule has 1 aliphatic rings. The van der Waals surface area contributed by atoms with Crippen LogP contribution in [0, 0.1) is 6.92 Å². The lowest BCUT2D eigenvalue weighted by Crippen LogP contribution is -2.45. The number of aryl methyl sites for hydroxylation is 1. The first-order chi connectivity index (χ1) is 9.05. The second-order valence-corrected chi connectivity index (χ2v) is 6.59. The molecule has 0 atom stereocenters. The third kappa shape index (κ3) is 4.90. The van der Waals surface area contributed by atoms with Gasteiger partial charge in [-0.3, -0.25) is 4.90 Å². The monoisotopic (exact) mass is 288 g/mol. The smallest absolute Gasteiger partial charge is 0.213 e. The highest BCUT2D eigenvalue weighted by Gasteiger charge is 2.15. The minimum Gasteiger partial charge on any atom is -0.361 e. The van der Waals surface area contributed by atoms with E-state index in [0.29, 0.717) is 18.0 Å². The van der Waals surface area contributed by atoms with Crippen molar-refractivity contribution in [1.29, 1.82) is 0 Å². The van der Waals surface area contributed by atoms with E-state index in [1.807, 2.05) is 0 Å². The summed E-state index contributed by atoms with van der Waals surface area (Å²) in [5, 5.41) is 6.98. The van der Waals surface area contributed by atoms with Crippen LogP contribution in [-0.4, -0.2) is 57.0 Å². The van der Waals surface area contributed by atoms with E-state index in [0.717, 1.165) is 26.2 Å². The van der Waals surface area contributed by atoms with Crippen molar-refractivity contribution < 1.29 is 12.9 Å². The summed E-state index contributed by atoms with van der Waals surface area (Å²) in [6.45, 7) is 6.17. The lowest BCUT2D eigenvalue weighted by atomic mass is 10.4. The summed E-state index contributed by atoms with van der Waals surface area (Å²) < 4.78 is 31.1. The second kappa shape index (κ2) is 6.47. The molecule has 108 valence electrons. The Balaban J connectivity index is 1.75. The first-order valence-electron chi connectivity index (χ1n) is 6.38. The Morgan fingerprint density at radius 2 is 2.21 bits per heavy atom. The highest BCUT2D eigenvalue weighted by atomic mass is 32.2. The van der Waals surface area contributed by atoms with Crippen LogP contribution in [0.25, 0.3) is 0 Å². The quantitative estimate of drug-likeness (QED) is 0.720. The van der Waals surface area contributed by atoms with Crippen molar-refractivity contribution in [2.24, 2.45) is 0 Å². The molecular formula is C11H20N4O3S. The van der Waals surface area contributed by atoms with Crippen molar-refractivity contribution in [2.75, 3.05) is 38.5 Å². The van der Waals surface area contributed by atoms with Crippen molar-refractivity contribution in [3.05, 3.63) is 17.5 Å². The molecule has 8 heteroatoms. The molecule has 7 nitrogen and oxygen atoms in total. The number of rotatable bonds is 6. The zero-order chi connectivity index (χ0) is 13.7. The molecule has 0 unspecified atom stereocenters. The lowest BCUT2D eigenvalue weighted by Gasteiger charge is -2.26. The van der Waals surface area contributed by atoms with Crippen molar-refractivity contribution >= 4 is 10.0 Å². The van der Waals surface area contributed by atoms with E-state index < -0.39 is 10.0 Å². The molecule has 0 aromatic carbocycles. The fourth-order valence-electron chi connectivity index (χ4n) is 1.94. The Morgan fingerprint density at radius 3 is 2.84 bits per heavy atom. The maximum absolute atomic E-state index is 11.8. The van der Waals surface area contributed by atoms with E-state index >= 15 is 0 Å². The van der Waals surface area contributed by atoms with Crippen LogP contribution in [0.5, 0.6) is 0 Å². The molecule has 0 bridgehead atoms. The Labute approximate surface area is 113 Å². The van der Waals surface area contributed by atoms with Gasteiger partial charge in [-0.05, 0) is 6.92 Å². The van der Waals surface area contributed by atoms with Gasteiger partial charge in [-0.25, -0.2) is 13.1 Å². The molecule has 0 amide bonds. The summed E-state index contributed by atoms with van der Waals surface area (Å²) in [6.07, 6.45) is 0. The molecule has 2 heterocycles. The minimum atomic E-state index is -3.26. The van der Waals surface area contributed by atoms with E-state index in [9.17, 15) is 8.42 Å². The van der Waals surface area contributed by atoms with Crippen LogP contribution in [0.3, 0.4) is 0 Å². The molecule has 2 N–H and O–H groups in total. The number of nitrogens with one attached hydrogen (secondary N) is 2. The van der Waals surface area contributed by atoms with Crippen LogP contribution in [-0.2, 0) is 16.6 Å². The summed E-state index contributed by atoms with van der Waals surface area (Å²) in [6, 6.07) is 1.72. The molecule has 19 heavy (non-hydrogen) atoms. The van der Waals surface area contributed by atoms with Gasteiger partial charge in [0.15, 0.2) is 0 Å². The normalized spacial score (nSPS) is 17.7. The first kappa shape index (κ1) is 14.4. The molecule has 0 saturated carbocycles. The molecule has 1 aliphatic heterocycles. The van der Waals surface area contributed by atoms with Crippen molar-refractivity contribution in [2.45, 2.75) is 13.5 Å².